The number of amides is 7. The lowest BCUT2D eigenvalue weighted by atomic mass is 10.0. The monoisotopic (exact) mass is 1330 g/mol. The number of alkyl halides is 6. The van der Waals surface area contributed by atoms with Crippen LogP contribution in [0.4, 0.5) is 92.7 Å². The van der Waals surface area contributed by atoms with Crippen molar-refractivity contribution >= 4 is 93.3 Å². The number of nitrogens with one attached hydrogen (secondary N) is 3. The number of pyridine rings is 6. The van der Waals surface area contributed by atoms with Crippen molar-refractivity contribution in [2.45, 2.75) is 95.4 Å². The molecule has 6 atom stereocenters. The van der Waals surface area contributed by atoms with Crippen molar-refractivity contribution in [1.29, 1.82) is 0 Å². The Morgan fingerprint density at radius 3 is 1.54 bits per heavy atom. The number of aliphatic hydroxyl groups is 2. The number of hydrogen-bond acceptors (Lipinski definition) is 19. The first-order valence-corrected chi connectivity index (χ1v) is 30.6. The van der Waals surface area contributed by atoms with Gasteiger partial charge in [0.2, 0.25) is 11.8 Å². The number of ether oxygens (including phenoxy) is 1. The summed E-state index contributed by atoms with van der Waals surface area (Å²) < 4.78 is 81.6. The average molecular weight is 1330 g/mol. The Morgan fingerprint density at radius 1 is 0.625 bits per heavy atom. The average Bonchev–Trinajstić information content (AvgIpc) is 1.50. The molecule has 6 aliphatic heterocycles. The van der Waals surface area contributed by atoms with Crippen LogP contribution in [0.3, 0.4) is 0 Å². The van der Waals surface area contributed by atoms with Crippen LogP contribution >= 0.6 is 0 Å². The van der Waals surface area contributed by atoms with E-state index in [1.165, 1.54) is 52.4 Å². The predicted octanol–water partition coefficient (Wildman–Crippen LogP) is 8.29. The number of urea groups is 3. The summed E-state index contributed by atoms with van der Waals surface area (Å²) in [7, 11) is 0. The fourth-order valence-electron chi connectivity index (χ4n) is 11.6. The fourth-order valence-corrected chi connectivity index (χ4v) is 11.6. The van der Waals surface area contributed by atoms with Gasteiger partial charge in [-0.05, 0) is 86.0 Å². The van der Waals surface area contributed by atoms with Gasteiger partial charge < -0.3 is 35.4 Å². The number of terminal acetylenes is 1. The molecule has 0 aliphatic carbocycles. The van der Waals surface area contributed by atoms with Gasteiger partial charge >= 0.3 is 30.4 Å². The van der Waals surface area contributed by atoms with E-state index in [1.54, 1.807) is 47.5 Å². The van der Waals surface area contributed by atoms with E-state index in [0.717, 1.165) is 32.1 Å². The molecule has 3 fully saturated rings. The normalized spacial score (nSPS) is 17.9. The van der Waals surface area contributed by atoms with E-state index in [-0.39, 0.29) is 95.0 Å². The van der Waals surface area contributed by atoms with Crippen LogP contribution in [0.1, 0.15) is 101 Å². The summed E-state index contributed by atoms with van der Waals surface area (Å²) in [4.78, 5) is 124. The first-order chi connectivity index (χ1) is 45.7. The topological polar surface area (TPSA) is 328 Å². The van der Waals surface area contributed by atoms with Crippen molar-refractivity contribution in [2.75, 3.05) is 97.8 Å². The third-order valence-corrected chi connectivity index (χ3v) is 16.6. The Labute approximate surface area is 545 Å². The number of fused-ring (bicyclic) bond motifs is 12. The molecule has 7 amide bonds. The number of rotatable bonds is 17. The summed E-state index contributed by atoms with van der Waals surface area (Å²) in [5.41, 5.74) is 7.54. The molecule has 7 N–H and O–H groups in total. The van der Waals surface area contributed by atoms with Gasteiger partial charge in [-0.2, -0.15) is 31.3 Å². The Kier molecular flexibility index (Phi) is 20.6. The number of ketones is 3. The van der Waals surface area contributed by atoms with Crippen molar-refractivity contribution in [3.63, 3.8) is 0 Å². The lowest BCUT2D eigenvalue weighted by molar-refractivity contribution is -0.168. The standard InChI is InChI=1S/C23H26F3N5O5.C21H21N5O2.C20H19F3N6O3/c1-13(23(24,25)26)9-18(34)16-5-6-17-21(27-16)31(14-7-8-30(17)10-14)22(35)29-19-3-2-4-20(28-19)36-12-15(33)11-32;1-3-14(2)12-18(27)16-7-8-17-20(23-16)26(15-9-11-25(17)13-15)21(28)24-19-6-4-5-10-22-19;21-20(22,23)7-5-15(30)13-2-3-14-18(26-13)29(12-6-8-28(14)10-12)19(32)27-16-4-1-11(9-25-16)17(24)31/h2-6,13-15,32-33H,7-12H2,1H3,(H,28,29,35);1,4-8,10,14-15H,9,11-13H2,2H3,(H,22,24,28);1-4,9,12H,5-8,10H2,(H2,24,31)(H,25,27,32)/t13-,14-,15+;14-,15-;12-/m000/s1. The molecular formula is C64H66F6N16O10. The Balaban J connectivity index is 0.000000158. The van der Waals surface area contributed by atoms with Crippen LogP contribution in [0, 0.1) is 24.2 Å². The van der Waals surface area contributed by atoms with Gasteiger partial charge in [0, 0.05) is 82.9 Å². The van der Waals surface area contributed by atoms with Crippen molar-refractivity contribution in [1.82, 2.24) is 29.9 Å². The largest absolute Gasteiger partial charge is 0.475 e. The molecule has 0 radical (unpaired) electrons. The maximum atomic E-state index is 13.3. The Morgan fingerprint density at radius 2 is 1.10 bits per heavy atom. The maximum Gasteiger partial charge on any atom is 0.391 e. The number of anilines is 9. The molecule has 0 aromatic carbocycles. The van der Waals surface area contributed by atoms with Crippen LogP contribution in [0.2, 0.25) is 0 Å². The number of halogens is 6. The smallest absolute Gasteiger partial charge is 0.391 e. The number of primary amides is 1. The Bertz CT molecular complexity index is 3960. The molecular weight excluding hydrogens is 1270 g/mol. The summed E-state index contributed by atoms with van der Waals surface area (Å²) in [6.45, 7) is 6.17. The zero-order chi connectivity index (χ0) is 68.8. The van der Waals surface area contributed by atoms with E-state index < -0.39 is 79.8 Å². The van der Waals surface area contributed by atoms with Crippen LogP contribution in [0.15, 0.2) is 97.3 Å². The molecule has 12 rings (SSSR count). The number of nitrogens with two attached hydrogens (primary N) is 1. The summed E-state index contributed by atoms with van der Waals surface area (Å²) in [6, 6.07) is 20.5. The maximum absolute atomic E-state index is 13.3. The molecule has 32 heteroatoms. The number of nitrogens with zero attached hydrogens (tertiary/aromatic N) is 12. The van der Waals surface area contributed by atoms with Crippen molar-refractivity contribution in [3.05, 3.63) is 120 Å². The molecule has 96 heavy (non-hydrogen) atoms. The summed E-state index contributed by atoms with van der Waals surface area (Å²) >= 11 is 0. The van der Waals surface area contributed by atoms with E-state index in [2.05, 4.69) is 56.7 Å². The minimum atomic E-state index is -4.50. The van der Waals surface area contributed by atoms with Crippen LogP contribution in [0.25, 0.3) is 0 Å². The molecule has 12 heterocycles. The van der Waals surface area contributed by atoms with Gasteiger partial charge in [-0.15, -0.1) is 12.3 Å². The van der Waals surface area contributed by atoms with E-state index in [4.69, 9.17) is 22.0 Å². The third-order valence-electron chi connectivity index (χ3n) is 16.6. The van der Waals surface area contributed by atoms with E-state index in [9.17, 15) is 65.0 Å². The summed E-state index contributed by atoms with van der Waals surface area (Å²) in [6.07, 6.45) is -2.08. The SMILES string of the molecule is C#C[C@H](C)CC(=O)c1ccc2c(n1)N(C(=O)Nc1ccccn1)[C@H]1CCN2C1.C[C@@H](CC(=O)c1ccc2c(n1)N(C(=O)Nc1cccc(OC[C@H](O)CO)n1)[C@H]1CCN2C1)C(F)(F)F.NC(=O)c1ccc(NC(=O)N2c3nc(C(=O)CCC(F)(F)F)ccc3N3CC[C@H]2C3)nc1. The van der Waals surface area contributed by atoms with Gasteiger partial charge in [0.1, 0.15) is 47.2 Å². The number of carbonyl (C=O) groups is 7. The van der Waals surface area contributed by atoms with Crippen molar-refractivity contribution in [3.8, 4) is 18.2 Å². The van der Waals surface area contributed by atoms with Crippen LogP contribution in [-0.4, -0.2) is 171 Å². The Hall–Kier alpha value is -10.6. The van der Waals surface area contributed by atoms with Gasteiger partial charge in [-0.25, -0.2) is 39.3 Å². The molecule has 6 bridgehead atoms. The number of carbonyl (C=O) groups excluding carboxylic acids is 7. The molecule has 26 nitrogen and oxygen atoms in total. The molecule has 6 aromatic heterocycles. The molecule has 6 aromatic rings. The van der Waals surface area contributed by atoms with Crippen LogP contribution in [-0.2, 0) is 0 Å². The second kappa shape index (κ2) is 29.0. The number of Topliss-reactive ketones (excluding diaryl/α,β-unsaturated/α-hetero) is 3. The van der Waals surface area contributed by atoms with Gasteiger partial charge in [0.15, 0.2) is 34.8 Å². The van der Waals surface area contributed by atoms with Gasteiger partial charge in [-0.3, -0.25) is 49.8 Å². The second-order valence-corrected chi connectivity index (χ2v) is 23.5. The summed E-state index contributed by atoms with van der Waals surface area (Å²) in [5.74, 6) is 0.173. The molecule has 0 unspecified atom stereocenters. The lowest BCUT2D eigenvalue weighted by Gasteiger charge is -2.35. The van der Waals surface area contributed by atoms with Gasteiger partial charge in [0.25, 0.3) is 0 Å². The van der Waals surface area contributed by atoms with Crippen LogP contribution < -0.4 is 55.8 Å². The van der Waals surface area contributed by atoms with E-state index >= 15 is 0 Å². The highest BCUT2D eigenvalue weighted by Gasteiger charge is 2.45. The first kappa shape index (κ1) is 68.3. The number of aliphatic hydroxyl groups excluding tert-OH is 2. The second-order valence-electron chi connectivity index (χ2n) is 23.5. The van der Waals surface area contributed by atoms with Gasteiger partial charge in [-0.1, -0.05) is 26.0 Å². The molecule has 3 saturated heterocycles. The quantitative estimate of drug-likeness (QED) is 0.0284. The minimum Gasteiger partial charge on any atom is -0.475 e. The molecule has 6 aliphatic rings. The highest BCUT2D eigenvalue weighted by atomic mass is 19.4. The van der Waals surface area contributed by atoms with E-state index in [1.807, 2.05) is 28.9 Å². The van der Waals surface area contributed by atoms with Crippen molar-refractivity contribution < 1.29 is 74.9 Å². The highest BCUT2D eigenvalue weighted by molar-refractivity contribution is 6.08. The number of aromatic nitrogens is 6. The minimum absolute atomic E-state index is 0.0127. The zero-order valence-corrected chi connectivity index (χ0v) is 51.8. The van der Waals surface area contributed by atoms with Gasteiger partial charge in [0.05, 0.1) is 59.7 Å². The number of hydrogen-bond donors (Lipinski definition) is 6. The summed E-state index contributed by atoms with van der Waals surface area (Å²) in [5, 5.41) is 26.5. The molecule has 504 valence electrons. The third kappa shape index (κ3) is 16.0. The fraction of sp³-hybridized carbons (Fsp3) is 0.391. The molecule has 0 spiro atoms. The van der Waals surface area contributed by atoms with Crippen molar-refractivity contribution in [2.24, 2.45) is 17.6 Å². The highest BCUT2D eigenvalue weighted by Crippen LogP contribution is 2.43. The van der Waals surface area contributed by atoms with E-state index in [0.29, 0.717) is 67.7 Å². The zero-order valence-electron chi connectivity index (χ0n) is 51.8. The first-order valence-electron chi connectivity index (χ1n) is 30.6. The van der Waals surface area contributed by atoms with Crippen LogP contribution in [0.5, 0.6) is 5.88 Å². The predicted molar refractivity (Wildman–Crippen MR) is 340 cm³/mol. The molecule has 0 saturated carbocycles. The lowest BCUT2D eigenvalue weighted by Crippen LogP contribution is -2.48.